The molecule has 0 spiro atoms. The van der Waals surface area contributed by atoms with Crippen molar-refractivity contribution in [1.29, 1.82) is 0 Å². The van der Waals surface area contributed by atoms with Gasteiger partial charge in [0.15, 0.2) is 0 Å². The maximum absolute atomic E-state index is 12.9. The first-order valence-electron chi connectivity index (χ1n) is 5.58. The number of benzene rings is 1. The van der Waals surface area contributed by atoms with Gasteiger partial charge < -0.3 is 10.2 Å². The smallest absolute Gasteiger partial charge is 0.314 e. The maximum Gasteiger partial charge on any atom is 0.314 e. The van der Waals surface area contributed by atoms with Gasteiger partial charge in [-0.2, -0.15) is 0 Å². The number of aliphatic carboxylic acids is 1. The molecule has 1 aromatic rings. The van der Waals surface area contributed by atoms with Crippen molar-refractivity contribution < 1.29 is 19.4 Å². The summed E-state index contributed by atoms with van der Waals surface area (Å²) >= 11 is 0. The second-order valence-electron chi connectivity index (χ2n) is 5.07. The second-order valence-corrected chi connectivity index (χ2v) is 5.07. The number of halogens is 1. The minimum absolute atomic E-state index is 0.168. The Labute approximate surface area is 98.9 Å². The molecule has 0 radical (unpaired) electrons. The Balaban J connectivity index is 2.43. The van der Waals surface area contributed by atoms with Crippen LogP contribution in [0, 0.1) is 5.82 Å². The summed E-state index contributed by atoms with van der Waals surface area (Å²) in [6.07, 6.45) is 0.985. The van der Waals surface area contributed by atoms with E-state index in [0.717, 1.165) is 0 Å². The molecule has 3 nitrogen and oxygen atoms in total. The van der Waals surface area contributed by atoms with Crippen molar-refractivity contribution in [3.05, 3.63) is 35.6 Å². The predicted octanol–water partition coefficient (Wildman–Crippen LogP) is 2.08. The molecule has 1 aliphatic carbocycles. The van der Waals surface area contributed by atoms with Crippen LogP contribution < -0.4 is 0 Å². The van der Waals surface area contributed by atoms with E-state index in [0.29, 0.717) is 18.4 Å². The third-order valence-electron chi connectivity index (χ3n) is 3.58. The van der Waals surface area contributed by atoms with E-state index in [1.165, 1.54) is 24.3 Å². The van der Waals surface area contributed by atoms with Crippen molar-refractivity contribution in [2.24, 2.45) is 0 Å². The average Bonchev–Trinajstić information content (AvgIpc) is 2.57. The number of carboxylic acids is 1. The minimum atomic E-state index is -1.09. The molecule has 2 N–H and O–H groups in total. The average molecular weight is 238 g/mol. The van der Waals surface area contributed by atoms with E-state index in [2.05, 4.69) is 0 Å². The second kappa shape index (κ2) is 3.81. The number of carbonyl (C=O) groups is 1. The molecule has 2 unspecified atom stereocenters. The Kier molecular flexibility index (Phi) is 2.70. The fourth-order valence-electron chi connectivity index (χ4n) is 2.63. The molecular weight excluding hydrogens is 223 g/mol. The lowest BCUT2D eigenvalue weighted by atomic mass is 9.78. The molecule has 0 amide bonds. The van der Waals surface area contributed by atoms with Gasteiger partial charge in [-0.1, -0.05) is 12.1 Å². The molecule has 2 rings (SSSR count). The Morgan fingerprint density at radius 1 is 1.29 bits per heavy atom. The summed E-state index contributed by atoms with van der Waals surface area (Å²) in [6, 6.07) is 5.50. The van der Waals surface area contributed by atoms with Gasteiger partial charge >= 0.3 is 5.97 Å². The third kappa shape index (κ3) is 2.05. The fourth-order valence-corrected chi connectivity index (χ4v) is 2.63. The van der Waals surface area contributed by atoms with Crippen molar-refractivity contribution in [3.63, 3.8) is 0 Å². The minimum Gasteiger partial charge on any atom is -0.481 e. The van der Waals surface area contributed by atoms with E-state index in [1.807, 2.05) is 0 Å². The highest BCUT2D eigenvalue weighted by Crippen LogP contribution is 2.46. The molecule has 0 aliphatic heterocycles. The first-order chi connectivity index (χ1) is 7.86. The van der Waals surface area contributed by atoms with Gasteiger partial charge in [-0.25, -0.2) is 4.39 Å². The Bertz CT molecular complexity index is 438. The predicted molar refractivity (Wildman–Crippen MR) is 60.2 cm³/mol. The van der Waals surface area contributed by atoms with E-state index >= 15 is 0 Å². The van der Waals surface area contributed by atoms with Crippen LogP contribution in [0.4, 0.5) is 4.39 Å². The fraction of sp³-hybridized carbons (Fsp3) is 0.462. The van der Waals surface area contributed by atoms with Crippen LogP contribution in [0.15, 0.2) is 24.3 Å². The van der Waals surface area contributed by atoms with E-state index in [4.69, 9.17) is 0 Å². The van der Waals surface area contributed by atoms with Crippen LogP contribution in [0.5, 0.6) is 0 Å². The zero-order valence-electron chi connectivity index (χ0n) is 9.61. The van der Waals surface area contributed by atoms with E-state index < -0.39 is 17.0 Å². The number of hydrogen-bond acceptors (Lipinski definition) is 2. The van der Waals surface area contributed by atoms with Crippen LogP contribution >= 0.6 is 0 Å². The highest BCUT2D eigenvalue weighted by atomic mass is 19.1. The zero-order valence-corrected chi connectivity index (χ0v) is 9.61. The molecule has 92 valence electrons. The van der Waals surface area contributed by atoms with Crippen molar-refractivity contribution >= 4 is 5.97 Å². The summed E-state index contributed by atoms with van der Waals surface area (Å²) in [4.78, 5) is 11.5. The van der Waals surface area contributed by atoms with Gasteiger partial charge in [0, 0.05) is 0 Å². The van der Waals surface area contributed by atoms with Crippen molar-refractivity contribution in [3.8, 4) is 0 Å². The van der Waals surface area contributed by atoms with Gasteiger partial charge in [-0.3, -0.25) is 4.79 Å². The molecule has 0 saturated heterocycles. The van der Waals surface area contributed by atoms with E-state index in [9.17, 15) is 19.4 Å². The highest BCUT2D eigenvalue weighted by Gasteiger charge is 2.51. The van der Waals surface area contributed by atoms with Gasteiger partial charge in [0.05, 0.1) is 11.0 Å². The van der Waals surface area contributed by atoms with Crippen LogP contribution in [0.25, 0.3) is 0 Å². The lowest BCUT2D eigenvalue weighted by Gasteiger charge is -2.26. The van der Waals surface area contributed by atoms with Gasteiger partial charge in [-0.05, 0) is 43.9 Å². The monoisotopic (exact) mass is 238 g/mol. The number of rotatable bonds is 2. The Morgan fingerprint density at radius 2 is 1.88 bits per heavy atom. The summed E-state index contributed by atoms with van der Waals surface area (Å²) in [7, 11) is 0. The van der Waals surface area contributed by atoms with Crippen LogP contribution in [-0.4, -0.2) is 21.8 Å². The molecule has 0 bridgehead atoms. The number of carboxylic acid groups (broad SMARTS) is 1. The van der Waals surface area contributed by atoms with Crippen molar-refractivity contribution in [2.45, 2.75) is 37.2 Å². The van der Waals surface area contributed by atoms with Crippen LogP contribution in [0.1, 0.15) is 31.7 Å². The van der Waals surface area contributed by atoms with Crippen LogP contribution in [0.2, 0.25) is 0 Å². The Morgan fingerprint density at radius 3 is 2.29 bits per heavy atom. The summed E-state index contributed by atoms with van der Waals surface area (Å²) in [5, 5.41) is 19.4. The zero-order chi connectivity index (χ0) is 12.7. The van der Waals surface area contributed by atoms with Gasteiger partial charge in [0.2, 0.25) is 0 Å². The first-order valence-corrected chi connectivity index (χ1v) is 5.58. The number of aliphatic hydroxyl groups is 1. The SMILES string of the molecule is CC1(O)CCC(C(=O)O)(c2ccc(F)cc2)C1. The molecule has 1 aliphatic rings. The molecular formula is C13H15FO3. The lowest BCUT2D eigenvalue weighted by Crippen LogP contribution is -2.35. The van der Waals surface area contributed by atoms with E-state index in [-0.39, 0.29) is 12.2 Å². The van der Waals surface area contributed by atoms with Gasteiger partial charge in [0.25, 0.3) is 0 Å². The lowest BCUT2D eigenvalue weighted by molar-refractivity contribution is -0.144. The standard InChI is InChI=1S/C13H15FO3/c1-12(17)6-7-13(8-12,11(15)16)9-2-4-10(14)5-3-9/h2-5,17H,6-8H2,1H3,(H,15,16). The molecule has 1 fully saturated rings. The highest BCUT2D eigenvalue weighted by molar-refractivity contribution is 5.82. The quantitative estimate of drug-likeness (QED) is 0.829. The van der Waals surface area contributed by atoms with E-state index in [1.54, 1.807) is 6.92 Å². The summed E-state index contributed by atoms with van der Waals surface area (Å²) in [5.41, 5.74) is -1.49. The van der Waals surface area contributed by atoms with Crippen LogP contribution in [0.3, 0.4) is 0 Å². The maximum atomic E-state index is 12.9. The normalized spacial score (nSPS) is 32.6. The van der Waals surface area contributed by atoms with Crippen molar-refractivity contribution in [2.75, 3.05) is 0 Å². The van der Waals surface area contributed by atoms with Crippen LogP contribution in [-0.2, 0) is 10.2 Å². The van der Waals surface area contributed by atoms with Gasteiger partial charge in [-0.15, -0.1) is 0 Å². The topological polar surface area (TPSA) is 57.5 Å². The molecule has 1 aromatic carbocycles. The third-order valence-corrected chi connectivity index (χ3v) is 3.58. The Hall–Kier alpha value is -1.42. The van der Waals surface area contributed by atoms with Crippen molar-refractivity contribution in [1.82, 2.24) is 0 Å². The number of hydrogen-bond donors (Lipinski definition) is 2. The molecule has 0 heterocycles. The summed E-state index contributed by atoms with van der Waals surface area (Å²) < 4.78 is 12.9. The first kappa shape index (κ1) is 12.0. The molecule has 0 aromatic heterocycles. The molecule has 4 heteroatoms. The summed E-state index contributed by atoms with van der Waals surface area (Å²) in [6.45, 7) is 1.64. The largest absolute Gasteiger partial charge is 0.481 e. The molecule has 2 atom stereocenters. The van der Waals surface area contributed by atoms with Gasteiger partial charge in [0.1, 0.15) is 5.82 Å². The molecule has 1 saturated carbocycles. The molecule has 17 heavy (non-hydrogen) atoms. The summed E-state index contributed by atoms with van der Waals surface area (Å²) in [5.74, 6) is -1.35.